The van der Waals surface area contributed by atoms with Gasteiger partial charge in [0, 0.05) is 14.1 Å². The summed E-state index contributed by atoms with van der Waals surface area (Å²) in [6.45, 7) is 1.42. The average Bonchev–Trinajstić information content (AvgIpc) is 2.46. The second kappa shape index (κ2) is 7.29. The maximum Gasteiger partial charge on any atom is 0.319 e. The topological polar surface area (TPSA) is 131 Å². The summed E-state index contributed by atoms with van der Waals surface area (Å²) >= 11 is 0. The van der Waals surface area contributed by atoms with E-state index in [2.05, 4.69) is 10.6 Å². The summed E-state index contributed by atoms with van der Waals surface area (Å²) in [5, 5.41) is 4.75. The van der Waals surface area contributed by atoms with Gasteiger partial charge < -0.3 is 21.1 Å². The highest BCUT2D eigenvalue weighted by Gasteiger charge is 2.20. The van der Waals surface area contributed by atoms with E-state index in [1.54, 1.807) is 0 Å². The molecule has 0 aliphatic heterocycles. The summed E-state index contributed by atoms with van der Waals surface area (Å²) in [7, 11) is 0.508. The lowest BCUT2D eigenvalue weighted by Gasteiger charge is -2.16. The molecule has 128 valence electrons. The number of primary amides is 1. The first-order valence-electron chi connectivity index (χ1n) is 6.57. The van der Waals surface area contributed by atoms with Crippen molar-refractivity contribution in [3.05, 3.63) is 18.2 Å². The molecule has 0 bridgehead atoms. The van der Waals surface area contributed by atoms with Gasteiger partial charge in [0.1, 0.15) is 11.8 Å². The molecule has 0 aliphatic rings. The van der Waals surface area contributed by atoms with Gasteiger partial charge in [0.15, 0.2) is 0 Å². The molecule has 1 aromatic carbocycles. The quantitative estimate of drug-likeness (QED) is 0.665. The van der Waals surface area contributed by atoms with Crippen molar-refractivity contribution in [1.82, 2.24) is 9.62 Å². The Balaban J connectivity index is 3.10. The molecule has 0 saturated heterocycles. The molecule has 4 N–H and O–H groups in total. The second-order valence-corrected chi connectivity index (χ2v) is 7.02. The third kappa shape index (κ3) is 4.57. The van der Waals surface area contributed by atoms with E-state index in [9.17, 15) is 18.0 Å². The number of amides is 3. The molecule has 0 unspecified atom stereocenters. The normalized spacial score (nSPS) is 12.6. The Hall–Kier alpha value is -2.33. The second-order valence-electron chi connectivity index (χ2n) is 4.87. The van der Waals surface area contributed by atoms with Crippen LogP contribution in [0.25, 0.3) is 0 Å². The van der Waals surface area contributed by atoms with Crippen molar-refractivity contribution in [3.63, 3.8) is 0 Å². The number of carbonyl (C=O) groups excluding carboxylic acids is 2. The van der Waals surface area contributed by atoms with Crippen molar-refractivity contribution >= 4 is 27.6 Å². The molecule has 0 spiro atoms. The zero-order valence-electron chi connectivity index (χ0n) is 13.3. The maximum atomic E-state index is 12.1. The minimum absolute atomic E-state index is 0.0125. The lowest BCUT2D eigenvalue weighted by molar-refractivity contribution is -0.119. The van der Waals surface area contributed by atoms with Crippen LogP contribution in [-0.2, 0) is 14.8 Å². The van der Waals surface area contributed by atoms with Gasteiger partial charge in [-0.25, -0.2) is 17.5 Å². The van der Waals surface area contributed by atoms with E-state index in [0.29, 0.717) is 0 Å². The predicted octanol–water partition coefficient (Wildman–Crippen LogP) is -0.0592. The monoisotopic (exact) mass is 344 g/mol. The number of benzene rings is 1. The molecule has 0 radical (unpaired) electrons. The average molecular weight is 344 g/mol. The number of ether oxygens (including phenoxy) is 1. The van der Waals surface area contributed by atoms with Gasteiger partial charge >= 0.3 is 6.03 Å². The fraction of sp³-hybridized carbons (Fsp3) is 0.385. The van der Waals surface area contributed by atoms with Gasteiger partial charge in [0.25, 0.3) is 0 Å². The third-order valence-corrected chi connectivity index (χ3v) is 4.78. The Morgan fingerprint density at radius 2 is 1.91 bits per heavy atom. The van der Waals surface area contributed by atoms with Crippen molar-refractivity contribution in [1.29, 1.82) is 0 Å². The largest absolute Gasteiger partial charge is 0.495 e. The summed E-state index contributed by atoms with van der Waals surface area (Å²) in [4.78, 5) is 22.8. The lowest BCUT2D eigenvalue weighted by atomic mass is 10.3. The van der Waals surface area contributed by atoms with E-state index in [4.69, 9.17) is 10.5 Å². The fourth-order valence-corrected chi connectivity index (χ4v) is 2.51. The standard InChI is InChI=1S/C13H20N4O5S/c1-8(12(14)18)15-13(19)16-10-7-9(5-6-11(10)22-4)23(20,21)17(2)3/h5-8H,1-4H3,(H2,14,18)(H2,15,16,19)/t8-/m1/s1. The van der Waals surface area contributed by atoms with Crippen molar-refractivity contribution in [3.8, 4) is 5.75 Å². The molecule has 10 heteroatoms. The zero-order chi connectivity index (χ0) is 17.8. The van der Waals surface area contributed by atoms with Crippen LogP contribution in [0, 0.1) is 0 Å². The molecule has 3 amide bonds. The summed E-state index contributed by atoms with van der Waals surface area (Å²) in [5.41, 5.74) is 5.20. The highest BCUT2D eigenvalue weighted by atomic mass is 32.2. The van der Waals surface area contributed by atoms with E-state index in [0.717, 1.165) is 4.31 Å². The van der Waals surface area contributed by atoms with E-state index in [-0.39, 0.29) is 16.3 Å². The third-order valence-electron chi connectivity index (χ3n) is 2.97. The number of rotatable bonds is 6. The maximum absolute atomic E-state index is 12.1. The molecular formula is C13H20N4O5S. The Kier molecular flexibility index (Phi) is 5.93. The van der Waals surface area contributed by atoms with Gasteiger partial charge in [0.05, 0.1) is 17.7 Å². The van der Waals surface area contributed by atoms with Crippen molar-refractivity contribution in [2.45, 2.75) is 17.9 Å². The predicted molar refractivity (Wildman–Crippen MR) is 84.7 cm³/mol. The van der Waals surface area contributed by atoms with Gasteiger partial charge in [-0.15, -0.1) is 0 Å². The molecule has 23 heavy (non-hydrogen) atoms. The van der Waals surface area contributed by atoms with Crippen LogP contribution in [0.15, 0.2) is 23.1 Å². The fourth-order valence-electron chi connectivity index (χ4n) is 1.58. The Labute approximate surface area is 134 Å². The molecular weight excluding hydrogens is 324 g/mol. The molecule has 0 heterocycles. The van der Waals surface area contributed by atoms with Gasteiger partial charge in [-0.3, -0.25) is 4.79 Å². The minimum Gasteiger partial charge on any atom is -0.495 e. The molecule has 0 saturated carbocycles. The van der Waals surface area contributed by atoms with Crippen LogP contribution in [0.2, 0.25) is 0 Å². The van der Waals surface area contributed by atoms with E-state index in [1.807, 2.05) is 0 Å². The number of sulfonamides is 1. The van der Waals surface area contributed by atoms with E-state index in [1.165, 1.54) is 46.3 Å². The number of nitrogens with one attached hydrogen (secondary N) is 2. The van der Waals surface area contributed by atoms with Crippen molar-refractivity contribution < 1.29 is 22.7 Å². The van der Waals surface area contributed by atoms with Crippen LogP contribution in [0.1, 0.15) is 6.92 Å². The van der Waals surface area contributed by atoms with Gasteiger partial charge in [0.2, 0.25) is 15.9 Å². The summed E-state index contributed by atoms with van der Waals surface area (Å²) in [6, 6.07) is 2.46. The first kappa shape index (κ1) is 18.7. The van der Waals surface area contributed by atoms with Crippen LogP contribution in [0.4, 0.5) is 10.5 Å². The SMILES string of the molecule is COc1ccc(S(=O)(=O)N(C)C)cc1NC(=O)N[C@H](C)C(N)=O. The Morgan fingerprint density at radius 1 is 1.30 bits per heavy atom. The summed E-state index contributed by atoms with van der Waals surface area (Å²) in [5.74, 6) is -0.430. The first-order valence-corrected chi connectivity index (χ1v) is 8.01. The van der Waals surface area contributed by atoms with E-state index < -0.39 is 28.0 Å². The molecule has 1 atom stereocenters. The van der Waals surface area contributed by atoms with Gasteiger partial charge in [-0.05, 0) is 25.1 Å². The molecule has 1 aromatic rings. The van der Waals surface area contributed by atoms with Crippen LogP contribution >= 0.6 is 0 Å². The Bertz CT molecular complexity index is 702. The lowest BCUT2D eigenvalue weighted by Crippen LogP contribution is -2.44. The number of methoxy groups -OCH3 is 1. The van der Waals surface area contributed by atoms with Gasteiger partial charge in [-0.2, -0.15) is 0 Å². The zero-order valence-corrected chi connectivity index (χ0v) is 14.1. The summed E-state index contributed by atoms with van der Waals surface area (Å²) < 4.78 is 30.4. The molecule has 0 aromatic heterocycles. The smallest absolute Gasteiger partial charge is 0.319 e. The van der Waals surface area contributed by atoms with Crippen molar-refractivity contribution in [2.75, 3.05) is 26.5 Å². The molecule has 0 aliphatic carbocycles. The number of nitrogens with two attached hydrogens (primary N) is 1. The minimum atomic E-state index is -3.66. The number of hydrogen-bond acceptors (Lipinski definition) is 5. The van der Waals surface area contributed by atoms with Crippen LogP contribution < -0.4 is 21.1 Å². The first-order chi connectivity index (χ1) is 10.6. The number of anilines is 1. The highest BCUT2D eigenvalue weighted by molar-refractivity contribution is 7.89. The highest BCUT2D eigenvalue weighted by Crippen LogP contribution is 2.28. The van der Waals surface area contributed by atoms with E-state index >= 15 is 0 Å². The van der Waals surface area contributed by atoms with Crippen LogP contribution in [-0.4, -0.2) is 51.9 Å². The van der Waals surface area contributed by atoms with Crippen LogP contribution in [0.3, 0.4) is 0 Å². The number of nitrogens with zero attached hydrogens (tertiary/aromatic N) is 1. The van der Waals surface area contributed by atoms with Crippen LogP contribution in [0.5, 0.6) is 5.75 Å². The van der Waals surface area contributed by atoms with Crippen molar-refractivity contribution in [2.24, 2.45) is 5.73 Å². The number of urea groups is 1. The number of carbonyl (C=O) groups is 2. The molecule has 9 nitrogen and oxygen atoms in total. The molecule has 0 fully saturated rings. The number of hydrogen-bond donors (Lipinski definition) is 3. The van der Waals surface area contributed by atoms with Gasteiger partial charge in [-0.1, -0.05) is 0 Å². The summed E-state index contributed by atoms with van der Waals surface area (Å²) in [6.07, 6.45) is 0. The Morgan fingerprint density at radius 3 is 2.39 bits per heavy atom. The molecule has 1 rings (SSSR count).